The van der Waals surface area contributed by atoms with Crippen LogP contribution in [0, 0.1) is 0 Å². The van der Waals surface area contributed by atoms with Gasteiger partial charge in [-0.05, 0) is 43.7 Å². The summed E-state index contributed by atoms with van der Waals surface area (Å²) in [5.41, 5.74) is 1.71. The predicted octanol–water partition coefficient (Wildman–Crippen LogP) is 4.23. The Morgan fingerprint density at radius 1 is 1.12 bits per heavy atom. The molecule has 2 heterocycles. The number of carbonyl (C=O) groups excluding carboxylic acids is 1. The van der Waals surface area contributed by atoms with Crippen LogP contribution in [-0.2, 0) is 4.79 Å². The zero-order valence-electron chi connectivity index (χ0n) is 18.7. The molecule has 1 amide bonds. The molecule has 2 unspecified atom stereocenters. The molecule has 0 bridgehead atoms. The molecule has 0 spiro atoms. The first kappa shape index (κ1) is 21.7. The van der Waals surface area contributed by atoms with Crippen LogP contribution in [0.4, 0.5) is 0 Å². The zero-order chi connectivity index (χ0) is 22.7. The second-order valence-electron chi connectivity index (χ2n) is 7.62. The Labute approximate surface area is 187 Å². The highest BCUT2D eigenvalue weighted by atomic mass is 16.5. The molecule has 1 aromatic heterocycles. The second-order valence-corrected chi connectivity index (χ2v) is 7.62. The smallest absolute Gasteiger partial charge is 0.261 e. The van der Waals surface area contributed by atoms with Crippen molar-refractivity contribution in [3.05, 3.63) is 53.9 Å². The first-order valence-corrected chi connectivity index (χ1v) is 10.6. The number of amides is 1. The van der Waals surface area contributed by atoms with Crippen LogP contribution < -0.4 is 14.2 Å². The lowest BCUT2D eigenvalue weighted by Crippen LogP contribution is -2.28. The Bertz CT molecular complexity index is 1100. The topological polar surface area (TPSA) is 86.9 Å². The molecular formula is C24H27N3O5. The minimum atomic E-state index is -0.137. The number of hydrogen-bond acceptors (Lipinski definition) is 7. The van der Waals surface area contributed by atoms with Crippen molar-refractivity contribution >= 4 is 5.91 Å². The van der Waals surface area contributed by atoms with Crippen molar-refractivity contribution in [3.63, 3.8) is 0 Å². The fraction of sp³-hybridized carbons (Fsp3) is 0.375. The van der Waals surface area contributed by atoms with Gasteiger partial charge in [0.15, 0.2) is 17.3 Å². The number of nitrogens with zero attached hydrogens (tertiary/aromatic N) is 3. The monoisotopic (exact) mass is 437 g/mol. The molecular weight excluding hydrogens is 410 g/mol. The molecule has 8 nitrogen and oxygen atoms in total. The van der Waals surface area contributed by atoms with Gasteiger partial charge in [0.2, 0.25) is 5.91 Å². The third kappa shape index (κ3) is 4.12. The minimum absolute atomic E-state index is 0.0540. The maximum Gasteiger partial charge on any atom is 0.261 e. The van der Waals surface area contributed by atoms with E-state index < -0.39 is 0 Å². The molecule has 3 aromatic rings. The third-order valence-corrected chi connectivity index (χ3v) is 5.74. The number of methoxy groups -OCH3 is 2. The summed E-state index contributed by atoms with van der Waals surface area (Å²) in [5.74, 6) is 2.82. The van der Waals surface area contributed by atoms with Gasteiger partial charge in [0, 0.05) is 18.9 Å². The summed E-state index contributed by atoms with van der Waals surface area (Å²) in [7, 11) is 3.20. The van der Waals surface area contributed by atoms with Crippen LogP contribution in [0.25, 0.3) is 11.5 Å². The maximum absolute atomic E-state index is 12.8. The van der Waals surface area contributed by atoms with E-state index in [-0.39, 0.29) is 17.9 Å². The number of hydrogen-bond donors (Lipinski definition) is 0. The Hall–Kier alpha value is -3.55. The average Bonchev–Trinajstić information content (AvgIpc) is 3.45. The van der Waals surface area contributed by atoms with Crippen molar-refractivity contribution in [2.45, 2.75) is 32.2 Å². The van der Waals surface area contributed by atoms with Gasteiger partial charge in [-0.3, -0.25) is 4.79 Å². The molecule has 2 atom stereocenters. The number of likely N-dealkylation sites (tertiary alicyclic amines) is 1. The first-order valence-electron chi connectivity index (χ1n) is 10.6. The molecule has 2 aromatic carbocycles. The van der Waals surface area contributed by atoms with Gasteiger partial charge in [0.1, 0.15) is 5.75 Å². The molecule has 8 heteroatoms. The Kier molecular flexibility index (Phi) is 6.30. The van der Waals surface area contributed by atoms with E-state index in [0.29, 0.717) is 48.5 Å². The van der Waals surface area contributed by atoms with Gasteiger partial charge in [-0.15, -0.1) is 0 Å². The number of ether oxygens (including phenoxy) is 3. The highest BCUT2D eigenvalue weighted by molar-refractivity contribution is 5.80. The highest BCUT2D eigenvalue weighted by Gasteiger charge is 2.37. The van der Waals surface area contributed by atoms with Gasteiger partial charge in [-0.25, -0.2) is 0 Å². The van der Waals surface area contributed by atoms with Gasteiger partial charge in [0.05, 0.1) is 32.4 Å². The van der Waals surface area contributed by atoms with Crippen LogP contribution in [0.3, 0.4) is 0 Å². The van der Waals surface area contributed by atoms with E-state index in [2.05, 4.69) is 10.1 Å². The third-order valence-electron chi connectivity index (χ3n) is 5.74. The van der Waals surface area contributed by atoms with E-state index in [1.165, 1.54) is 0 Å². The summed E-state index contributed by atoms with van der Waals surface area (Å²) in [4.78, 5) is 19.3. The normalized spacial score (nSPS) is 16.8. The lowest BCUT2D eigenvalue weighted by Gasteiger charge is -2.25. The van der Waals surface area contributed by atoms with Crippen molar-refractivity contribution < 1.29 is 23.5 Å². The fourth-order valence-corrected chi connectivity index (χ4v) is 4.01. The van der Waals surface area contributed by atoms with Crippen LogP contribution in [0.1, 0.15) is 43.6 Å². The average molecular weight is 437 g/mol. The number of carbonyl (C=O) groups is 1. The number of rotatable bonds is 8. The largest absolute Gasteiger partial charge is 0.493 e. The van der Waals surface area contributed by atoms with Gasteiger partial charge >= 0.3 is 0 Å². The van der Waals surface area contributed by atoms with Crippen molar-refractivity contribution in [3.8, 4) is 28.7 Å². The van der Waals surface area contributed by atoms with Crippen LogP contribution in [-0.4, -0.2) is 48.3 Å². The van der Waals surface area contributed by atoms with E-state index >= 15 is 0 Å². The van der Waals surface area contributed by atoms with Crippen LogP contribution in [0.5, 0.6) is 17.2 Å². The molecule has 4 rings (SSSR count). The highest BCUT2D eigenvalue weighted by Crippen LogP contribution is 2.37. The Balaban J connectivity index is 1.52. The molecule has 1 aliphatic heterocycles. The van der Waals surface area contributed by atoms with Crippen molar-refractivity contribution in [2.24, 2.45) is 0 Å². The van der Waals surface area contributed by atoms with E-state index in [9.17, 15) is 4.79 Å². The minimum Gasteiger partial charge on any atom is -0.493 e. The van der Waals surface area contributed by atoms with E-state index in [1.807, 2.05) is 61.2 Å². The molecule has 1 fully saturated rings. The maximum atomic E-state index is 12.8. The summed E-state index contributed by atoms with van der Waals surface area (Å²) in [6, 6.07) is 13.1. The summed E-state index contributed by atoms with van der Waals surface area (Å²) in [6.07, 6.45) is 0.337. The Morgan fingerprint density at radius 2 is 1.91 bits per heavy atom. The summed E-state index contributed by atoms with van der Waals surface area (Å²) < 4.78 is 21.9. The van der Waals surface area contributed by atoms with E-state index in [1.54, 1.807) is 14.2 Å². The van der Waals surface area contributed by atoms with Gasteiger partial charge in [-0.2, -0.15) is 4.98 Å². The van der Waals surface area contributed by atoms with Gasteiger partial charge in [0.25, 0.3) is 5.89 Å². The fourth-order valence-electron chi connectivity index (χ4n) is 4.01. The van der Waals surface area contributed by atoms with Gasteiger partial charge in [-0.1, -0.05) is 23.4 Å². The molecule has 32 heavy (non-hydrogen) atoms. The number of para-hydroxylation sites is 1. The molecule has 0 N–H and O–H groups in total. The first-order chi connectivity index (χ1) is 15.5. The summed E-state index contributed by atoms with van der Waals surface area (Å²) >= 11 is 0. The predicted molar refractivity (Wildman–Crippen MR) is 118 cm³/mol. The molecule has 1 aliphatic rings. The number of aromatic nitrogens is 2. The SMILES string of the molecule is CCOc1ccccc1-c1nc(C2CC(=O)N(C(C)c3ccc(OC)c(OC)c3)C2)no1. The van der Waals surface area contributed by atoms with Crippen molar-refractivity contribution in [2.75, 3.05) is 27.4 Å². The molecule has 1 saturated heterocycles. The summed E-state index contributed by atoms with van der Waals surface area (Å²) in [6.45, 7) is 4.98. The number of benzene rings is 2. The molecule has 0 radical (unpaired) electrons. The van der Waals surface area contributed by atoms with Crippen LogP contribution in [0.2, 0.25) is 0 Å². The zero-order valence-corrected chi connectivity index (χ0v) is 18.7. The van der Waals surface area contributed by atoms with E-state index in [0.717, 1.165) is 11.1 Å². The molecule has 0 saturated carbocycles. The van der Waals surface area contributed by atoms with Crippen LogP contribution in [0.15, 0.2) is 47.0 Å². The Morgan fingerprint density at radius 3 is 2.66 bits per heavy atom. The standard InChI is InChI=1S/C24H27N3O5/c1-5-31-19-9-7-6-8-18(19)24-25-23(26-32-24)17-13-22(28)27(14-17)15(2)16-10-11-20(29-3)21(12-16)30-4/h6-12,15,17H,5,13-14H2,1-4H3. The molecule has 168 valence electrons. The van der Waals surface area contributed by atoms with Crippen molar-refractivity contribution in [1.29, 1.82) is 0 Å². The lowest BCUT2D eigenvalue weighted by atomic mass is 10.1. The quantitative estimate of drug-likeness (QED) is 0.521. The van der Waals surface area contributed by atoms with Gasteiger partial charge < -0.3 is 23.6 Å². The van der Waals surface area contributed by atoms with Crippen molar-refractivity contribution in [1.82, 2.24) is 15.0 Å². The summed E-state index contributed by atoms with van der Waals surface area (Å²) in [5, 5.41) is 4.17. The van der Waals surface area contributed by atoms with Crippen LogP contribution >= 0.6 is 0 Å². The van der Waals surface area contributed by atoms with E-state index in [4.69, 9.17) is 18.7 Å². The second kappa shape index (κ2) is 9.30. The lowest BCUT2D eigenvalue weighted by molar-refractivity contribution is -0.129. The molecule has 0 aliphatic carbocycles.